The van der Waals surface area contributed by atoms with Gasteiger partial charge in [0, 0.05) is 25.0 Å². The van der Waals surface area contributed by atoms with Gasteiger partial charge in [-0.25, -0.2) is 4.79 Å². The Kier molecular flexibility index (Phi) is 4.87. The van der Waals surface area contributed by atoms with E-state index < -0.39 is 6.04 Å². The first-order valence-corrected chi connectivity index (χ1v) is 6.69. The standard InChI is InChI=1S/C15H18N2O3/c1-20-15(19)13-6-2-3-10-17(13)14(18)8-7-12-5-4-9-16-11-12/h4-5,7-9,11,13H,2-3,6,10H2,1H3/b8-7+/t13-/m1/s1. The molecule has 0 spiro atoms. The number of ether oxygens (including phenoxy) is 1. The number of hydrogen-bond acceptors (Lipinski definition) is 4. The van der Waals surface area contributed by atoms with Crippen LogP contribution in [-0.4, -0.2) is 41.5 Å². The average Bonchev–Trinajstić information content (AvgIpc) is 2.52. The van der Waals surface area contributed by atoms with E-state index in [1.807, 2.05) is 12.1 Å². The Morgan fingerprint density at radius 3 is 3.00 bits per heavy atom. The number of hydrogen-bond donors (Lipinski definition) is 0. The van der Waals surface area contributed by atoms with E-state index in [-0.39, 0.29) is 11.9 Å². The first kappa shape index (κ1) is 14.2. The fraction of sp³-hybridized carbons (Fsp3) is 0.400. The summed E-state index contributed by atoms with van der Waals surface area (Å²) in [5.41, 5.74) is 0.854. The zero-order valence-electron chi connectivity index (χ0n) is 11.5. The average molecular weight is 274 g/mol. The molecule has 1 amide bonds. The number of carbonyl (C=O) groups is 2. The molecule has 1 atom stereocenters. The third kappa shape index (κ3) is 3.44. The van der Waals surface area contributed by atoms with Crippen molar-refractivity contribution in [3.63, 3.8) is 0 Å². The van der Waals surface area contributed by atoms with Gasteiger partial charge >= 0.3 is 5.97 Å². The molecule has 1 saturated heterocycles. The number of rotatable bonds is 3. The third-order valence-corrected chi connectivity index (χ3v) is 3.36. The van der Waals surface area contributed by atoms with E-state index in [0.29, 0.717) is 13.0 Å². The summed E-state index contributed by atoms with van der Waals surface area (Å²) in [5.74, 6) is -0.503. The van der Waals surface area contributed by atoms with Crippen LogP contribution in [-0.2, 0) is 14.3 Å². The Morgan fingerprint density at radius 2 is 2.30 bits per heavy atom. The van der Waals surface area contributed by atoms with Crippen molar-refractivity contribution in [3.05, 3.63) is 36.2 Å². The smallest absolute Gasteiger partial charge is 0.328 e. The van der Waals surface area contributed by atoms with Crippen LogP contribution in [0.15, 0.2) is 30.6 Å². The fourth-order valence-corrected chi connectivity index (χ4v) is 2.31. The molecular formula is C15H18N2O3. The van der Waals surface area contributed by atoms with Gasteiger partial charge in [0.1, 0.15) is 6.04 Å². The lowest BCUT2D eigenvalue weighted by Gasteiger charge is -2.32. The van der Waals surface area contributed by atoms with Crippen molar-refractivity contribution in [2.24, 2.45) is 0 Å². The first-order valence-electron chi connectivity index (χ1n) is 6.69. The molecular weight excluding hydrogens is 256 g/mol. The van der Waals surface area contributed by atoms with Crippen molar-refractivity contribution in [2.45, 2.75) is 25.3 Å². The van der Waals surface area contributed by atoms with Crippen LogP contribution >= 0.6 is 0 Å². The van der Waals surface area contributed by atoms with Crippen molar-refractivity contribution < 1.29 is 14.3 Å². The Balaban J connectivity index is 2.06. The van der Waals surface area contributed by atoms with Crippen molar-refractivity contribution in [1.29, 1.82) is 0 Å². The molecule has 0 saturated carbocycles. The molecule has 2 rings (SSSR count). The van der Waals surface area contributed by atoms with E-state index in [1.165, 1.54) is 13.2 Å². The molecule has 2 heterocycles. The number of pyridine rings is 1. The van der Waals surface area contributed by atoms with Gasteiger partial charge in [0.15, 0.2) is 0 Å². The zero-order valence-corrected chi connectivity index (χ0v) is 11.5. The highest BCUT2D eigenvalue weighted by Crippen LogP contribution is 2.18. The van der Waals surface area contributed by atoms with Gasteiger partial charge < -0.3 is 9.64 Å². The second-order valence-corrected chi connectivity index (χ2v) is 4.69. The Labute approximate surface area is 118 Å². The molecule has 20 heavy (non-hydrogen) atoms. The maximum atomic E-state index is 12.2. The van der Waals surface area contributed by atoms with Gasteiger partial charge in [-0.2, -0.15) is 0 Å². The highest BCUT2D eigenvalue weighted by molar-refractivity contribution is 5.94. The number of esters is 1. The Morgan fingerprint density at radius 1 is 1.45 bits per heavy atom. The number of carbonyl (C=O) groups excluding carboxylic acids is 2. The number of methoxy groups -OCH3 is 1. The molecule has 0 aliphatic carbocycles. The van der Waals surface area contributed by atoms with Crippen molar-refractivity contribution in [3.8, 4) is 0 Å². The van der Waals surface area contributed by atoms with Crippen LogP contribution in [0.25, 0.3) is 6.08 Å². The molecule has 0 aromatic carbocycles. The molecule has 1 aliphatic heterocycles. The van der Waals surface area contributed by atoms with Crippen LogP contribution in [0, 0.1) is 0 Å². The van der Waals surface area contributed by atoms with Crippen LogP contribution in [0.5, 0.6) is 0 Å². The minimum absolute atomic E-state index is 0.163. The van der Waals surface area contributed by atoms with Crippen LogP contribution in [0.1, 0.15) is 24.8 Å². The van der Waals surface area contributed by atoms with Gasteiger partial charge in [-0.3, -0.25) is 9.78 Å². The summed E-state index contributed by atoms with van der Waals surface area (Å²) in [6.45, 7) is 0.593. The van der Waals surface area contributed by atoms with E-state index in [4.69, 9.17) is 4.74 Å². The molecule has 5 nitrogen and oxygen atoms in total. The maximum Gasteiger partial charge on any atom is 0.328 e. The van der Waals surface area contributed by atoms with Crippen LogP contribution < -0.4 is 0 Å². The number of aromatic nitrogens is 1. The Bertz CT molecular complexity index is 499. The molecule has 1 fully saturated rings. The molecule has 0 unspecified atom stereocenters. The number of likely N-dealkylation sites (tertiary alicyclic amines) is 1. The van der Waals surface area contributed by atoms with Gasteiger partial charge in [-0.15, -0.1) is 0 Å². The van der Waals surface area contributed by atoms with Crippen molar-refractivity contribution >= 4 is 18.0 Å². The lowest BCUT2D eigenvalue weighted by molar-refractivity contribution is -0.153. The number of amides is 1. The predicted octanol–water partition coefficient (Wildman–Crippen LogP) is 1.65. The second-order valence-electron chi connectivity index (χ2n) is 4.69. The summed E-state index contributed by atoms with van der Waals surface area (Å²) in [4.78, 5) is 29.5. The summed E-state index contributed by atoms with van der Waals surface area (Å²) < 4.78 is 4.77. The molecule has 106 valence electrons. The van der Waals surface area contributed by atoms with Crippen LogP contribution in [0.2, 0.25) is 0 Å². The lowest BCUT2D eigenvalue weighted by atomic mass is 10.0. The van der Waals surface area contributed by atoms with E-state index in [1.54, 1.807) is 23.4 Å². The normalized spacial score (nSPS) is 19.1. The third-order valence-electron chi connectivity index (χ3n) is 3.36. The summed E-state index contributed by atoms with van der Waals surface area (Å²) in [6, 6.07) is 3.22. The van der Waals surface area contributed by atoms with Gasteiger partial charge in [-0.1, -0.05) is 6.07 Å². The van der Waals surface area contributed by atoms with E-state index in [9.17, 15) is 9.59 Å². The number of nitrogens with zero attached hydrogens (tertiary/aromatic N) is 2. The zero-order chi connectivity index (χ0) is 14.4. The van der Waals surface area contributed by atoms with Gasteiger partial charge in [-0.05, 0) is 37.0 Å². The topological polar surface area (TPSA) is 59.5 Å². The highest BCUT2D eigenvalue weighted by atomic mass is 16.5. The lowest BCUT2D eigenvalue weighted by Crippen LogP contribution is -2.47. The molecule has 1 aliphatic rings. The monoisotopic (exact) mass is 274 g/mol. The summed E-state index contributed by atoms with van der Waals surface area (Å²) >= 11 is 0. The Hall–Kier alpha value is -2.17. The first-order chi connectivity index (χ1) is 9.72. The van der Waals surface area contributed by atoms with Gasteiger partial charge in [0.25, 0.3) is 0 Å². The highest BCUT2D eigenvalue weighted by Gasteiger charge is 2.31. The van der Waals surface area contributed by atoms with Crippen LogP contribution in [0.3, 0.4) is 0 Å². The van der Waals surface area contributed by atoms with Gasteiger partial charge in [0.05, 0.1) is 7.11 Å². The van der Waals surface area contributed by atoms with E-state index in [0.717, 1.165) is 18.4 Å². The summed E-state index contributed by atoms with van der Waals surface area (Å²) in [5, 5.41) is 0. The second kappa shape index (κ2) is 6.84. The fourth-order valence-electron chi connectivity index (χ4n) is 2.31. The maximum absolute atomic E-state index is 12.2. The summed E-state index contributed by atoms with van der Waals surface area (Å²) in [6.07, 6.45) is 9.07. The van der Waals surface area contributed by atoms with Crippen LogP contribution in [0.4, 0.5) is 0 Å². The molecule has 0 radical (unpaired) electrons. The van der Waals surface area contributed by atoms with E-state index in [2.05, 4.69) is 4.98 Å². The molecule has 1 aromatic heterocycles. The minimum atomic E-state index is -0.459. The van der Waals surface area contributed by atoms with E-state index >= 15 is 0 Å². The minimum Gasteiger partial charge on any atom is -0.467 e. The van der Waals surface area contributed by atoms with Gasteiger partial charge in [0.2, 0.25) is 5.91 Å². The largest absolute Gasteiger partial charge is 0.467 e. The molecule has 0 bridgehead atoms. The van der Waals surface area contributed by atoms with Crippen molar-refractivity contribution in [2.75, 3.05) is 13.7 Å². The molecule has 1 aromatic rings. The molecule has 5 heteroatoms. The number of piperidine rings is 1. The molecule has 0 N–H and O–H groups in total. The summed E-state index contributed by atoms with van der Waals surface area (Å²) in [7, 11) is 1.35. The van der Waals surface area contributed by atoms with Crippen molar-refractivity contribution in [1.82, 2.24) is 9.88 Å². The SMILES string of the molecule is COC(=O)[C@H]1CCCCN1C(=O)/C=C/c1cccnc1. The predicted molar refractivity (Wildman–Crippen MR) is 74.6 cm³/mol. The quantitative estimate of drug-likeness (QED) is 0.621.